The molecular formula is C11H13N5O3. The Hall–Kier alpha value is -2.69. The van der Waals surface area contributed by atoms with E-state index in [0.717, 1.165) is 0 Å². The highest BCUT2D eigenvalue weighted by Gasteiger charge is 2.15. The van der Waals surface area contributed by atoms with Crippen molar-refractivity contribution in [1.82, 2.24) is 4.98 Å². The molecule has 8 nitrogen and oxygen atoms in total. The lowest BCUT2D eigenvalue weighted by Crippen LogP contribution is -2.11. The molecule has 0 radical (unpaired) electrons. The van der Waals surface area contributed by atoms with Gasteiger partial charge in [-0.15, -0.1) is 0 Å². The molecule has 0 aliphatic rings. The maximum absolute atomic E-state index is 10.8. The van der Waals surface area contributed by atoms with E-state index in [1.807, 2.05) is 0 Å². The van der Waals surface area contributed by atoms with Gasteiger partial charge in [-0.05, 0) is 12.8 Å². The van der Waals surface area contributed by atoms with Gasteiger partial charge in [-0.2, -0.15) is 5.26 Å². The van der Waals surface area contributed by atoms with Gasteiger partial charge < -0.3 is 11.1 Å². The monoisotopic (exact) mass is 263 g/mol. The summed E-state index contributed by atoms with van der Waals surface area (Å²) in [6.07, 6.45) is 2.79. The number of nitrogens with two attached hydrogens (primary N) is 1. The predicted octanol–water partition coefficient (Wildman–Crippen LogP) is 0.929. The minimum Gasteiger partial charge on any atom is -0.370 e. The van der Waals surface area contributed by atoms with Crippen LogP contribution in [-0.2, 0) is 4.79 Å². The van der Waals surface area contributed by atoms with Crippen molar-refractivity contribution in [1.29, 1.82) is 5.26 Å². The summed E-state index contributed by atoms with van der Waals surface area (Å²) in [6, 6.07) is 2.96. The smallest absolute Gasteiger partial charge is 0.312 e. The number of nitriles is 1. The molecule has 0 spiro atoms. The largest absolute Gasteiger partial charge is 0.370 e. The van der Waals surface area contributed by atoms with Crippen molar-refractivity contribution in [3.8, 4) is 6.07 Å². The van der Waals surface area contributed by atoms with Crippen LogP contribution in [0.1, 0.15) is 24.8 Å². The molecular weight excluding hydrogens is 250 g/mol. The van der Waals surface area contributed by atoms with Crippen LogP contribution in [0.4, 0.5) is 11.5 Å². The number of hydrogen-bond donors (Lipinski definition) is 2. The number of amides is 1. The molecule has 1 amide bonds. The molecule has 8 heteroatoms. The molecule has 1 rings (SSSR count). The van der Waals surface area contributed by atoms with Gasteiger partial charge >= 0.3 is 5.69 Å². The summed E-state index contributed by atoms with van der Waals surface area (Å²) in [7, 11) is 0. The van der Waals surface area contributed by atoms with Gasteiger partial charge in [0.1, 0.15) is 6.07 Å². The van der Waals surface area contributed by atoms with E-state index in [2.05, 4.69) is 10.3 Å². The first-order valence-electron chi connectivity index (χ1n) is 5.61. The first kappa shape index (κ1) is 14.4. The van der Waals surface area contributed by atoms with Crippen LogP contribution in [0.5, 0.6) is 0 Å². The normalized spacial score (nSPS) is 9.63. The number of unbranched alkanes of at least 4 members (excludes halogenated alkanes) is 1. The summed E-state index contributed by atoms with van der Waals surface area (Å²) in [5.41, 5.74) is 4.88. The van der Waals surface area contributed by atoms with E-state index in [9.17, 15) is 14.9 Å². The molecule has 1 aromatic rings. The summed E-state index contributed by atoms with van der Waals surface area (Å²) in [4.78, 5) is 24.6. The first-order valence-corrected chi connectivity index (χ1v) is 5.61. The first-order chi connectivity index (χ1) is 9.04. The molecule has 0 saturated heterocycles. The summed E-state index contributed by atoms with van der Waals surface area (Å²) in [5, 5.41) is 22.3. The zero-order chi connectivity index (χ0) is 14.3. The van der Waals surface area contributed by atoms with Crippen LogP contribution in [0.3, 0.4) is 0 Å². The highest BCUT2D eigenvalue weighted by atomic mass is 16.6. The van der Waals surface area contributed by atoms with Gasteiger partial charge in [0.15, 0.2) is 0 Å². The second-order valence-electron chi connectivity index (χ2n) is 3.81. The van der Waals surface area contributed by atoms with Crippen molar-refractivity contribution in [2.75, 3.05) is 11.9 Å². The molecule has 0 atom stereocenters. The summed E-state index contributed by atoms with van der Waals surface area (Å²) in [5.74, 6) is -0.259. The number of rotatable bonds is 7. The van der Waals surface area contributed by atoms with E-state index in [4.69, 9.17) is 11.0 Å². The number of anilines is 1. The Morgan fingerprint density at radius 3 is 2.89 bits per heavy atom. The Bertz CT molecular complexity index is 524. The lowest BCUT2D eigenvalue weighted by Gasteiger charge is -2.05. The highest BCUT2D eigenvalue weighted by Crippen LogP contribution is 2.22. The lowest BCUT2D eigenvalue weighted by atomic mass is 10.2. The third kappa shape index (κ3) is 4.59. The Kier molecular flexibility index (Phi) is 5.22. The van der Waals surface area contributed by atoms with Crippen molar-refractivity contribution in [3.05, 3.63) is 27.9 Å². The average molecular weight is 263 g/mol. The number of hydrogen-bond acceptors (Lipinski definition) is 6. The molecule has 0 aliphatic carbocycles. The molecule has 0 aliphatic heterocycles. The molecule has 100 valence electrons. The zero-order valence-corrected chi connectivity index (χ0v) is 10.1. The number of aromatic nitrogens is 1. The number of nitrogens with one attached hydrogen (secondary N) is 1. The molecule has 0 saturated carbocycles. The van der Waals surface area contributed by atoms with E-state index >= 15 is 0 Å². The lowest BCUT2D eigenvalue weighted by molar-refractivity contribution is -0.384. The predicted molar refractivity (Wildman–Crippen MR) is 67.1 cm³/mol. The van der Waals surface area contributed by atoms with Crippen LogP contribution < -0.4 is 11.1 Å². The standard InChI is InChI=1S/C11H13N5O3/c12-6-8-5-9(16(18)19)11(15-7-8)14-4-2-1-3-10(13)17/h5,7H,1-4H2,(H2,13,17)(H,14,15). The van der Waals surface area contributed by atoms with Crippen molar-refractivity contribution in [2.24, 2.45) is 5.73 Å². The number of nitro groups is 1. The third-order valence-electron chi connectivity index (χ3n) is 2.34. The number of carbonyl (C=O) groups is 1. The van der Waals surface area contributed by atoms with Crippen LogP contribution in [0.15, 0.2) is 12.3 Å². The topological polar surface area (TPSA) is 135 Å². The Labute approximate surface area is 109 Å². The van der Waals surface area contributed by atoms with Gasteiger partial charge in [-0.3, -0.25) is 14.9 Å². The molecule has 0 aromatic carbocycles. The Balaban J connectivity index is 2.60. The number of primary amides is 1. The molecule has 3 N–H and O–H groups in total. The highest BCUT2D eigenvalue weighted by molar-refractivity contribution is 5.73. The zero-order valence-electron chi connectivity index (χ0n) is 10.1. The van der Waals surface area contributed by atoms with Crippen molar-refractivity contribution in [3.63, 3.8) is 0 Å². The molecule has 19 heavy (non-hydrogen) atoms. The van der Waals surface area contributed by atoms with Crippen LogP contribution in [-0.4, -0.2) is 22.4 Å². The van der Waals surface area contributed by atoms with Crippen molar-refractivity contribution >= 4 is 17.4 Å². The maximum Gasteiger partial charge on any atom is 0.312 e. The number of pyridine rings is 1. The Morgan fingerprint density at radius 2 is 2.32 bits per heavy atom. The van der Waals surface area contributed by atoms with Gasteiger partial charge in [0.05, 0.1) is 10.5 Å². The third-order valence-corrected chi connectivity index (χ3v) is 2.34. The van der Waals surface area contributed by atoms with Crippen LogP contribution >= 0.6 is 0 Å². The fraction of sp³-hybridized carbons (Fsp3) is 0.364. The molecule has 0 bridgehead atoms. The van der Waals surface area contributed by atoms with Gasteiger partial charge in [-0.25, -0.2) is 4.98 Å². The Morgan fingerprint density at radius 1 is 1.58 bits per heavy atom. The van der Waals surface area contributed by atoms with E-state index in [-0.39, 0.29) is 29.4 Å². The fourth-order valence-electron chi connectivity index (χ4n) is 1.42. The van der Waals surface area contributed by atoms with Gasteiger partial charge in [-0.1, -0.05) is 0 Å². The quantitative estimate of drug-likeness (QED) is 0.426. The molecule has 0 unspecified atom stereocenters. The summed E-state index contributed by atoms with van der Waals surface area (Å²) >= 11 is 0. The molecule has 1 aromatic heterocycles. The second-order valence-corrected chi connectivity index (χ2v) is 3.81. The maximum atomic E-state index is 10.8. The van der Waals surface area contributed by atoms with E-state index in [1.54, 1.807) is 6.07 Å². The molecule has 0 fully saturated rings. The van der Waals surface area contributed by atoms with E-state index in [1.165, 1.54) is 12.3 Å². The van der Waals surface area contributed by atoms with E-state index in [0.29, 0.717) is 19.4 Å². The van der Waals surface area contributed by atoms with Crippen LogP contribution in [0, 0.1) is 21.4 Å². The average Bonchev–Trinajstić information content (AvgIpc) is 2.38. The van der Waals surface area contributed by atoms with Gasteiger partial charge in [0.25, 0.3) is 0 Å². The minimum absolute atomic E-state index is 0.114. The summed E-state index contributed by atoms with van der Waals surface area (Å²) < 4.78 is 0. The van der Waals surface area contributed by atoms with E-state index < -0.39 is 4.92 Å². The summed E-state index contributed by atoms with van der Waals surface area (Å²) in [6.45, 7) is 0.438. The SMILES string of the molecule is N#Cc1cnc(NCCCCC(N)=O)c([N+](=O)[O-])c1. The fourth-order valence-corrected chi connectivity index (χ4v) is 1.42. The van der Waals surface area contributed by atoms with Crippen LogP contribution in [0.25, 0.3) is 0 Å². The van der Waals surface area contributed by atoms with Crippen molar-refractivity contribution < 1.29 is 9.72 Å². The van der Waals surface area contributed by atoms with Crippen LogP contribution in [0.2, 0.25) is 0 Å². The van der Waals surface area contributed by atoms with Gasteiger partial charge in [0, 0.05) is 25.2 Å². The second kappa shape index (κ2) is 6.90. The molecule has 1 heterocycles. The van der Waals surface area contributed by atoms with Crippen molar-refractivity contribution in [2.45, 2.75) is 19.3 Å². The minimum atomic E-state index is -0.598. The number of carbonyl (C=O) groups excluding carboxylic acids is 1. The van der Waals surface area contributed by atoms with Gasteiger partial charge in [0.2, 0.25) is 11.7 Å². The number of nitrogens with zero attached hydrogens (tertiary/aromatic N) is 3.